The van der Waals surface area contributed by atoms with Gasteiger partial charge in [0.1, 0.15) is 0 Å². The zero-order valence-corrected chi connectivity index (χ0v) is 11.6. The zero-order chi connectivity index (χ0) is 12.4. The van der Waals surface area contributed by atoms with E-state index in [-0.39, 0.29) is 0 Å². The molecule has 0 aliphatic heterocycles. The average Bonchev–Trinajstić information content (AvgIpc) is 3.06. The van der Waals surface area contributed by atoms with E-state index in [9.17, 15) is 0 Å². The first-order valence-electron chi connectivity index (χ1n) is 5.74. The van der Waals surface area contributed by atoms with E-state index in [1.165, 1.54) is 15.1 Å². The molecular formula is C13H13N3S2. The summed E-state index contributed by atoms with van der Waals surface area (Å²) in [5.74, 6) is 0. The molecule has 0 saturated carbocycles. The first-order chi connectivity index (χ1) is 8.86. The summed E-state index contributed by atoms with van der Waals surface area (Å²) >= 11 is 3.43. The van der Waals surface area contributed by atoms with Gasteiger partial charge in [0.05, 0.1) is 15.7 Å². The summed E-state index contributed by atoms with van der Waals surface area (Å²) in [7, 11) is 1.99. The fraction of sp³-hybridized carbons (Fsp3) is 0.231. The molecule has 0 radical (unpaired) electrons. The van der Waals surface area contributed by atoms with Crippen molar-refractivity contribution in [3.8, 4) is 0 Å². The van der Waals surface area contributed by atoms with Crippen LogP contribution in [-0.4, -0.2) is 17.0 Å². The summed E-state index contributed by atoms with van der Waals surface area (Å²) in [6.07, 6.45) is 4.86. The molecule has 0 amide bonds. The molecule has 0 saturated heterocycles. The minimum atomic E-state index is 0.296. The minimum Gasteiger partial charge on any atom is -0.313 e. The number of pyridine rings is 1. The smallest absolute Gasteiger partial charge is 0.0809 e. The molecule has 0 aliphatic rings. The summed E-state index contributed by atoms with van der Waals surface area (Å²) in [5, 5.41) is 5.44. The fourth-order valence-corrected chi connectivity index (χ4v) is 3.41. The Labute approximate surface area is 114 Å². The minimum absolute atomic E-state index is 0.296. The summed E-state index contributed by atoms with van der Waals surface area (Å²) in [6.45, 7) is 0. The normalized spacial score (nSPS) is 12.9. The Hall–Kier alpha value is -1.30. The molecule has 0 bridgehead atoms. The number of likely N-dealkylation sites (N-methyl/N-ethyl adjacent to an activating group) is 1. The Morgan fingerprint density at radius 2 is 2.28 bits per heavy atom. The van der Waals surface area contributed by atoms with Crippen molar-refractivity contribution in [2.45, 2.75) is 12.5 Å². The predicted molar refractivity (Wildman–Crippen MR) is 77.2 cm³/mol. The first-order valence-corrected chi connectivity index (χ1v) is 7.50. The Balaban J connectivity index is 1.90. The van der Waals surface area contributed by atoms with E-state index >= 15 is 0 Å². The topological polar surface area (TPSA) is 37.8 Å². The second-order valence-electron chi connectivity index (χ2n) is 4.09. The summed E-state index contributed by atoms with van der Waals surface area (Å²) in [6, 6.07) is 4.58. The van der Waals surface area contributed by atoms with Crippen LogP contribution in [0.25, 0.3) is 10.2 Å². The van der Waals surface area contributed by atoms with Gasteiger partial charge in [-0.1, -0.05) is 0 Å². The van der Waals surface area contributed by atoms with E-state index in [0.29, 0.717) is 6.04 Å². The summed E-state index contributed by atoms with van der Waals surface area (Å²) < 4.78 is 1.25. The molecule has 18 heavy (non-hydrogen) atoms. The molecule has 3 aromatic heterocycles. The number of hydrogen-bond donors (Lipinski definition) is 1. The van der Waals surface area contributed by atoms with E-state index in [0.717, 1.165) is 11.9 Å². The van der Waals surface area contributed by atoms with Crippen LogP contribution in [0.1, 0.15) is 16.5 Å². The Bertz CT molecular complexity index is 631. The molecule has 3 heterocycles. The van der Waals surface area contributed by atoms with Gasteiger partial charge < -0.3 is 5.32 Å². The van der Waals surface area contributed by atoms with Crippen molar-refractivity contribution in [2.24, 2.45) is 0 Å². The third-order valence-corrected chi connectivity index (χ3v) is 4.62. The van der Waals surface area contributed by atoms with Gasteiger partial charge >= 0.3 is 0 Å². The quantitative estimate of drug-likeness (QED) is 0.794. The molecule has 3 rings (SSSR count). The largest absolute Gasteiger partial charge is 0.313 e. The summed E-state index contributed by atoms with van der Waals surface area (Å²) in [5.41, 5.74) is 4.19. The van der Waals surface area contributed by atoms with Gasteiger partial charge in [-0.3, -0.25) is 9.97 Å². The van der Waals surface area contributed by atoms with Crippen molar-refractivity contribution in [2.75, 3.05) is 7.05 Å². The monoisotopic (exact) mass is 275 g/mol. The first kappa shape index (κ1) is 11.8. The number of thiophene rings is 1. The van der Waals surface area contributed by atoms with Gasteiger partial charge in [0.15, 0.2) is 0 Å². The lowest BCUT2D eigenvalue weighted by molar-refractivity contribution is 0.595. The number of rotatable bonds is 4. The van der Waals surface area contributed by atoms with E-state index in [4.69, 9.17) is 0 Å². The Morgan fingerprint density at radius 1 is 1.33 bits per heavy atom. The zero-order valence-electron chi connectivity index (χ0n) is 9.96. The Morgan fingerprint density at radius 3 is 3.06 bits per heavy atom. The highest BCUT2D eigenvalue weighted by molar-refractivity contribution is 7.17. The van der Waals surface area contributed by atoms with Gasteiger partial charge in [0, 0.05) is 29.7 Å². The molecule has 1 atom stereocenters. The number of fused-ring (bicyclic) bond motifs is 1. The maximum absolute atomic E-state index is 4.50. The van der Waals surface area contributed by atoms with Gasteiger partial charge in [-0.25, -0.2) is 0 Å². The molecule has 3 nitrogen and oxygen atoms in total. The molecule has 0 spiro atoms. The van der Waals surface area contributed by atoms with Crippen molar-refractivity contribution in [3.05, 3.63) is 45.9 Å². The van der Waals surface area contributed by atoms with Crippen molar-refractivity contribution in [1.29, 1.82) is 0 Å². The SMILES string of the molecule is CNC(Cc1cncs1)c1cnc2ccsc2c1. The van der Waals surface area contributed by atoms with Crippen LogP contribution in [0, 0.1) is 0 Å². The van der Waals surface area contributed by atoms with Gasteiger partial charge in [0.25, 0.3) is 0 Å². The van der Waals surface area contributed by atoms with E-state index in [1.54, 1.807) is 22.7 Å². The standard InChI is InChI=1S/C13H13N3S2/c1-14-12(5-10-7-15-8-18-10)9-4-13-11(16-6-9)2-3-17-13/h2-4,6-8,12,14H,5H2,1H3. The maximum Gasteiger partial charge on any atom is 0.0809 e. The maximum atomic E-state index is 4.50. The third-order valence-electron chi connectivity index (χ3n) is 2.96. The molecular weight excluding hydrogens is 262 g/mol. The highest BCUT2D eigenvalue weighted by Gasteiger charge is 2.12. The summed E-state index contributed by atoms with van der Waals surface area (Å²) in [4.78, 5) is 9.91. The van der Waals surface area contributed by atoms with Crippen molar-refractivity contribution in [3.63, 3.8) is 0 Å². The van der Waals surface area contributed by atoms with Gasteiger partial charge in [-0.15, -0.1) is 22.7 Å². The number of thiazole rings is 1. The third kappa shape index (κ3) is 2.29. The average molecular weight is 275 g/mol. The number of aromatic nitrogens is 2. The second kappa shape index (κ2) is 5.14. The van der Waals surface area contributed by atoms with E-state index < -0.39 is 0 Å². The highest BCUT2D eigenvalue weighted by atomic mass is 32.1. The Kier molecular flexibility index (Phi) is 3.36. The van der Waals surface area contributed by atoms with E-state index in [1.807, 2.05) is 25.0 Å². The van der Waals surface area contributed by atoms with Crippen LogP contribution in [0.5, 0.6) is 0 Å². The van der Waals surface area contributed by atoms with Crippen LogP contribution in [0.4, 0.5) is 0 Å². The molecule has 3 aromatic rings. The van der Waals surface area contributed by atoms with Gasteiger partial charge in [0.2, 0.25) is 0 Å². The lowest BCUT2D eigenvalue weighted by Crippen LogP contribution is -2.18. The molecule has 0 fully saturated rings. The molecule has 0 aromatic carbocycles. The van der Waals surface area contributed by atoms with Crippen molar-refractivity contribution in [1.82, 2.24) is 15.3 Å². The number of hydrogen-bond acceptors (Lipinski definition) is 5. The highest BCUT2D eigenvalue weighted by Crippen LogP contribution is 2.25. The molecule has 92 valence electrons. The molecule has 0 aliphatic carbocycles. The second-order valence-corrected chi connectivity index (χ2v) is 6.00. The number of nitrogens with zero attached hydrogens (tertiary/aromatic N) is 2. The van der Waals surface area contributed by atoms with Gasteiger partial charge in [-0.2, -0.15) is 0 Å². The van der Waals surface area contributed by atoms with Gasteiger partial charge in [-0.05, 0) is 30.1 Å². The van der Waals surface area contributed by atoms with Crippen LogP contribution < -0.4 is 5.32 Å². The fourth-order valence-electron chi connectivity index (χ4n) is 1.98. The lowest BCUT2D eigenvalue weighted by atomic mass is 10.1. The van der Waals surface area contributed by atoms with Crippen molar-refractivity contribution >= 4 is 32.9 Å². The molecule has 1 unspecified atom stereocenters. The van der Waals surface area contributed by atoms with Crippen LogP contribution in [0.3, 0.4) is 0 Å². The predicted octanol–water partition coefficient (Wildman–Crippen LogP) is 3.26. The molecule has 5 heteroatoms. The number of nitrogens with one attached hydrogen (secondary N) is 1. The lowest BCUT2D eigenvalue weighted by Gasteiger charge is -2.15. The van der Waals surface area contributed by atoms with Crippen LogP contribution >= 0.6 is 22.7 Å². The van der Waals surface area contributed by atoms with Crippen molar-refractivity contribution < 1.29 is 0 Å². The van der Waals surface area contributed by atoms with Crippen LogP contribution in [0.15, 0.2) is 35.4 Å². The van der Waals surface area contributed by atoms with E-state index in [2.05, 4.69) is 32.8 Å². The van der Waals surface area contributed by atoms with Crippen LogP contribution in [-0.2, 0) is 6.42 Å². The van der Waals surface area contributed by atoms with Crippen LogP contribution in [0.2, 0.25) is 0 Å². The molecule has 1 N–H and O–H groups in total.